The molecule has 1 unspecified atom stereocenters. The number of aliphatic hydroxyl groups is 1. The van der Waals surface area contributed by atoms with Crippen LogP contribution in [-0.4, -0.2) is 16.2 Å². The smallest absolute Gasteiger partial charge is 0.144 e. The Kier molecular flexibility index (Phi) is 3.37. The van der Waals surface area contributed by atoms with Crippen LogP contribution >= 0.6 is 0 Å². The van der Waals surface area contributed by atoms with Gasteiger partial charge in [0.15, 0.2) is 0 Å². The fourth-order valence-corrected chi connectivity index (χ4v) is 1.00. The van der Waals surface area contributed by atoms with Gasteiger partial charge in [0, 0.05) is 12.6 Å². The molecule has 3 heteroatoms. The van der Waals surface area contributed by atoms with Crippen molar-refractivity contribution in [2.45, 2.75) is 26.4 Å². The molecule has 0 amide bonds. The van der Waals surface area contributed by atoms with Crippen molar-refractivity contribution < 1.29 is 9.50 Å². The molecule has 0 aliphatic heterocycles. The lowest BCUT2D eigenvalue weighted by Gasteiger charge is -2.13. The quantitative estimate of drug-likeness (QED) is 0.774. The zero-order valence-electron chi connectivity index (χ0n) is 7.87. The number of pyridine rings is 1. The first-order valence-electron chi connectivity index (χ1n) is 4.38. The van der Waals surface area contributed by atoms with E-state index in [0.29, 0.717) is 5.69 Å². The van der Waals surface area contributed by atoms with Gasteiger partial charge in [-0.25, -0.2) is 4.39 Å². The molecule has 0 bridgehead atoms. The van der Waals surface area contributed by atoms with Crippen LogP contribution in [0.15, 0.2) is 18.3 Å². The lowest BCUT2D eigenvalue weighted by molar-refractivity contribution is 0.123. The summed E-state index contributed by atoms with van der Waals surface area (Å²) in [5.41, 5.74) is 0.337. The van der Waals surface area contributed by atoms with Crippen LogP contribution in [0, 0.1) is 11.7 Å². The topological polar surface area (TPSA) is 33.1 Å². The van der Waals surface area contributed by atoms with Crippen molar-refractivity contribution in [2.75, 3.05) is 0 Å². The van der Waals surface area contributed by atoms with Gasteiger partial charge < -0.3 is 5.11 Å². The molecule has 0 saturated heterocycles. The van der Waals surface area contributed by atoms with Crippen LogP contribution in [-0.2, 0) is 6.42 Å². The summed E-state index contributed by atoms with van der Waals surface area (Å²) in [5.74, 6) is -0.219. The summed E-state index contributed by atoms with van der Waals surface area (Å²) in [5, 5.41) is 9.50. The summed E-state index contributed by atoms with van der Waals surface area (Å²) in [4.78, 5) is 3.87. The summed E-state index contributed by atoms with van der Waals surface area (Å²) in [7, 11) is 0. The highest BCUT2D eigenvalue weighted by atomic mass is 19.1. The summed E-state index contributed by atoms with van der Waals surface area (Å²) in [6.07, 6.45) is 1.29. The minimum absolute atomic E-state index is 0.126. The Balaban J connectivity index is 2.69. The SMILES string of the molecule is CC(C)C(O)Cc1ncccc1F. The van der Waals surface area contributed by atoms with E-state index in [1.54, 1.807) is 6.07 Å². The normalized spacial score (nSPS) is 13.3. The minimum Gasteiger partial charge on any atom is -0.392 e. The van der Waals surface area contributed by atoms with E-state index in [0.717, 1.165) is 0 Å². The third kappa shape index (κ3) is 2.77. The van der Waals surface area contributed by atoms with E-state index in [-0.39, 0.29) is 18.2 Å². The van der Waals surface area contributed by atoms with Gasteiger partial charge in [-0.3, -0.25) is 4.98 Å². The molecule has 1 aromatic rings. The zero-order chi connectivity index (χ0) is 9.84. The third-order valence-corrected chi connectivity index (χ3v) is 2.01. The monoisotopic (exact) mass is 183 g/mol. The van der Waals surface area contributed by atoms with E-state index in [1.807, 2.05) is 13.8 Å². The first kappa shape index (κ1) is 10.1. The molecule has 1 aromatic heterocycles. The maximum atomic E-state index is 13.0. The average Bonchev–Trinajstić information content (AvgIpc) is 2.08. The second-order valence-corrected chi connectivity index (χ2v) is 3.45. The van der Waals surface area contributed by atoms with E-state index in [1.165, 1.54) is 12.3 Å². The summed E-state index contributed by atoms with van der Waals surface area (Å²) in [6, 6.07) is 2.90. The van der Waals surface area contributed by atoms with E-state index >= 15 is 0 Å². The molecule has 0 aliphatic carbocycles. The Bertz CT molecular complexity index is 275. The van der Waals surface area contributed by atoms with Crippen molar-refractivity contribution in [1.29, 1.82) is 0 Å². The van der Waals surface area contributed by atoms with Gasteiger partial charge in [0.05, 0.1) is 11.8 Å². The number of aromatic nitrogens is 1. The van der Waals surface area contributed by atoms with Crippen LogP contribution in [0.5, 0.6) is 0 Å². The minimum atomic E-state index is -0.524. The van der Waals surface area contributed by atoms with Gasteiger partial charge >= 0.3 is 0 Å². The van der Waals surface area contributed by atoms with Crippen molar-refractivity contribution in [3.8, 4) is 0 Å². The molecule has 2 nitrogen and oxygen atoms in total. The lowest BCUT2D eigenvalue weighted by Crippen LogP contribution is -2.19. The number of hydrogen-bond acceptors (Lipinski definition) is 2. The van der Waals surface area contributed by atoms with Crippen molar-refractivity contribution in [1.82, 2.24) is 4.98 Å². The van der Waals surface area contributed by atoms with E-state index in [9.17, 15) is 9.50 Å². The number of nitrogens with zero attached hydrogens (tertiary/aromatic N) is 1. The predicted octanol–water partition coefficient (Wildman–Crippen LogP) is 1.78. The molecule has 72 valence electrons. The van der Waals surface area contributed by atoms with Crippen LogP contribution in [0.2, 0.25) is 0 Å². The van der Waals surface area contributed by atoms with Gasteiger partial charge in [0.25, 0.3) is 0 Å². The molecule has 0 aliphatic rings. The number of rotatable bonds is 3. The molecule has 13 heavy (non-hydrogen) atoms. The van der Waals surface area contributed by atoms with E-state index in [4.69, 9.17) is 0 Å². The summed E-state index contributed by atoms with van der Waals surface area (Å²) >= 11 is 0. The first-order valence-corrected chi connectivity index (χ1v) is 4.38. The van der Waals surface area contributed by atoms with Crippen molar-refractivity contribution in [3.05, 3.63) is 29.8 Å². The van der Waals surface area contributed by atoms with Crippen molar-refractivity contribution >= 4 is 0 Å². The molecule has 0 saturated carbocycles. The van der Waals surface area contributed by atoms with E-state index in [2.05, 4.69) is 4.98 Å². The fraction of sp³-hybridized carbons (Fsp3) is 0.500. The molecule has 0 fully saturated rings. The molecule has 1 N–H and O–H groups in total. The first-order chi connectivity index (χ1) is 6.11. The van der Waals surface area contributed by atoms with Gasteiger partial charge in [-0.05, 0) is 18.1 Å². The maximum absolute atomic E-state index is 13.0. The van der Waals surface area contributed by atoms with Crippen LogP contribution < -0.4 is 0 Å². The molecular formula is C10H14FNO. The maximum Gasteiger partial charge on any atom is 0.144 e. The van der Waals surface area contributed by atoms with Gasteiger partial charge in [-0.2, -0.15) is 0 Å². The van der Waals surface area contributed by atoms with Gasteiger partial charge in [0.2, 0.25) is 0 Å². The number of halogens is 1. The molecule has 1 heterocycles. The predicted molar refractivity (Wildman–Crippen MR) is 48.7 cm³/mol. The fourth-order valence-electron chi connectivity index (χ4n) is 1.00. The van der Waals surface area contributed by atoms with Crippen LogP contribution in [0.1, 0.15) is 19.5 Å². The van der Waals surface area contributed by atoms with Gasteiger partial charge in [0.1, 0.15) is 5.82 Å². The summed E-state index contributed by atoms with van der Waals surface area (Å²) in [6.45, 7) is 3.79. The van der Waals surface area contributed by atoms with E-state index < -0.39 is 6.10 Å². The number of hydrogen-bond donors (Lipinski definition) is 1. The standard InChI is InChI=1S/C10H14FNO/c1-7(2)10(13)6-9-8(11)4-3-5-12-9/h3-5,7,10,13H,6H2,1-2H3. The average molecular weight is 183 g/mol. The highest BCUT2D eigenvalue weighted by Crippen LogP contribution is 2.10. The molecule has 0 spiro atoms. The Morgan fingerprint density at radius 2 is 2.23 bits per heavy atom. The second-order valence-electron chi connectivity index (χ2n) is 3.45. The Labute approximate surface area is 77.4 Å². The van der Waals surface area contributed by atoms with Crippen molar-refractivity contribution in [3.63, 3.8) is 0 Å². The zero-order valence-corrected chi connectivity index (χ0v) is 7.87. The molecule has 0 aromatic carbocycles. The summed E-state index contributed by atoms with van der Waals surface area (Å²) < 4.78 is 13.0. The largest absolute Gasteiger partial charge is 0.392 e. The highest BCUT2D eigenvalue weighted by Gasteiger charge is 2.13. The second kappa shape index (κ2) is 4.33. The van der Waals surface area contributed by atoms with Crippen LogP contribution in [0.3, 0.4) is 0 Å². The Morgan fingerprint density at radius 1 is 1.54 bits per heavy atom. The molecule has 1 rings (SSSR count). The molecule has 0 radical (unpaired) electrons. The highest BCUT2D eigenvalue weighted by molar-refractivity contribution is 5.08. The lowest BCUT2D eigenvalue weighted by atomic mass is 10.0. The third-order valence-electron chi connectivity index (χ3n) is 2.01. The molecular weight excluding hydrogens is 169 g/mol. The number of aliphatic hydroxyl groups excluding tert-OH is 1. The van der Waals surface area contributed by atoms with Crippen LogP contribution in [0.4, 0.5) is 4.39 Å². The Hall–Kier alpha value is -0.960. The molecule has 1 atom stereocenters. The van der Waals surface area contributed by atoms with Crippen molar-refractivity contribution in [2.24, 2.45) is 5.92 Å². The Morgan fingerprint density at radius 3 is 2.77 bits per heavy atom. The van der Waals surface area contributed by atoms with Gasteiger partial charge in [-0.1, -0.05) is 13.8 Å². The van der Waals surface area contributed by atoms with Gasteiger partial charge in [-0.15, -0.1) is 0 Å². The van der Waals surface area contributed by atoms with Crippen LogP contribution in [0.25, 0.3) is 0 Å².